The van der Waals surface area contributed by atoms with Crippen LogP contribution in [-0.2, 0) is 0 Å². The summed E-state index contributed by atoms with van der Waals surface area (Å²) in [6.07, 6.45) is 0. The molecule has 0 aliphatic carbocycles. The average molecular weight is 284 g/mol. The van der Waals surface area contributed by atoms with Gasteiger partial charge in [-0.05, 0) is 19.1 Å². The molecule has 2 aromatic heterocycles. The zero-order valence-electron chi connectivity index (χ0n) is 10.6. The minimum atomic E-state index is 0.301. The third kappa shape index (κ3) is 1.87. The van der Waals surface area contributed by atoms with Gasteiger partial charge in [-0.15, -0.1) is 0 Å². The second kappa shape index (κ2) is 4.51. The highest BCUT2D eigenvalue weighted by Crippen LogP contribution is 2.24. The van der Waals surface area contributed by atoms with Gasteiger partial charge in [-0.3, -0.25) is 0 Å². The van der Waals surface area contributed by atoms with Crippen LogP contribution in [0, 0.1) is 18.3 Å². The largest absolute Gasteiger partial charge is 0.382 e. The van der Waals surface area contributed by atoms with E-state index in [4.69, 9.17) is 22.6 Å². The van der Waals surface area contributed by atoms with E-state index in [2.05, 4.69) is 10.1 Å². The van der Waals surface area contributed by atoms with Crippen molar-refractivity contribution in [3.63, 3.8) is 0 Å². The molecule has 0 spiro atoms. The van der Waals surface area contributed by atoms with E-state index < -0.39 is 0 Å². The van der Waals surface area contributed by atoms with Crippen LogP contribution in [0.3, 0.4) is 0 Å². The van der Waals surface area contributed by atoms with Crippen LogP contribution in [0.1, 0.15) is 11.3 Å². The molecule has 0 saturated heterocycles. The van der Waals surface area contributed by atoms with Gasteiger partial charge in [0.25, 0.3) is 0 Å². The van der Waals surface area contributed by atoms with Crippen molar-refractivity contribution in [3.05, 3.63) is 46.6 Å². The summed E-state index contributed by atoms with van der Waals surface area (Å²) in [5.74, 6) is 0.301. The van der Waals surface area contributed by atoms with Crippen molar-refractivity contribution in [2.24, 2.45) is 0 Å². The Hall–Kier alpha value is -2.58. The Labute approximate surface area is 120 Å². The molecule has 6 heteroatoms. The number of halogens is 1. The lowest BCUT2D eigenvalue weighted by atomic mass is 10.1. The number of nitriles is 1. The Balaban J connectivity index is 2.23. The highest BCUT2D eigenvalue weighted by atomic mass is 35.5. The number of hydrogen-bond donors (Lipinski definition) is 1. The zero-order valence-corrected chi connectivity index (χ0v) is 11.4. The van der Waals surface area contributed by atoms with Gasteiger partial charge in [0.2, 0.25) is 0 Å². The number of aromatic nitrogens is 3. The fraction of sp³-hybridized carbons (Fsp3) is 0.0714. The maximum absolute atomic E-state index is 9.09. The van der Waals surface area contributed by atoms with Gasteiger partial charge < -0.3 is 5.73 Å². The van der Waals surface area contributed by atoms with Gasteiger partial charge in [-0.25, -0.2) is 4.98 Å². The van der Waals surface area contributed by atoms with Gasteiger partial charge in [-0.1, -0.05) is 23.7 Å². The maximum Gasteiger partial charge on any atom is 0.158 e. The van der Waals surface area contributed by atoms with Crippen molar-refractivity contribution in [2.75, 3.05) is 5.73 Å². The molecular weight excluding hydrogens is 274 g/mol. The topological polar surface area (TPSA) is 80.0 Å². The van der Waals surface area contributed by atoms with Crippen LogP contribution in [0.2, 0.25) is 5.02 Å². The number of nitrogens with two attached hydrogens (primary N) is 1. The lowest BCUT2D eigenvalue weighted by Crippen LogP contribution is -2.05. The Morgan fingerprint density at radius 2 is 2.00 bits per heavy atom. The van der Waals surface area contributed by atoms with E-state index in [9.17, 15) is 0 Å². The summed E-state index contributed by atoms with van der Waals surface area (Å²) in [5, 5.41) is 14.1. The van der Waals surface area contributed by atoms with Crippen molar-refractivity contribution in [1.82, 2.24) is 14.6 Å². The van der Waals surface area contributed by atoms with Gasteiger partial charge in [-0.2, -0.15) is 14.9 Å². The molecule has 2 N–H and O–H groups in total. The second-order valence-corrected chi connectivity index (χ2v) is 4.81. The van der Waals surface area contributed by atoms with Crippen LogP contribution in [-0.4, -0.2) is 14.6 Å². The fourth-order valence-corrected chi connectivity index (χ4v) is 2.17. The first-order valence-corrected chi connectivity index (χ1v) is 6.30. The number of benzene rings is 1. The molecule has 0 aliphatic heterocycles. The van der Waals surface area contributed by atoms with Crippen LogP contribution in [0.5, 0.6) is 0 Å². The van der Waals surface area contributed by atoms with E-state index in [1.807, 2.05) is 24.3 Å². The molecule has 98 valence electrons. The molecule has 3 aromatic rings. The summed E-state index contributed by atoms with van der Waals surface area (Å²) in [5.41, 5.74) is 9.17. The standard InChI is InChI=1S/C14H10ClN5/c1-8-11(7-16)14(17)20-13(18-8)6-12(19-20)9-2-4-10(15)5-3-9/h2-6H,17H2,1H3. The van der Waals surface area contributed by atoms with Crippen LogP contribution < -0.4 is 5.73 Å². The molecule has 0 unspecified atom stereocenters. The molecule has 0 saturated carbocycles. The van der Waals surface area contributed by atoms with Crippen LogP contribution in [0.4, 0.5) is 5.82 Å². The van der Waals surface area contributed by atoms with Gasteiger partial charge in [0.1, 0.15) is 17.5 Å². The maximum atomic E-state index is 9.09. The van der Waals surface area contributed by atoms with E-state index >= 15 is 0 Å². The van der Waals surface area contributed by atoms with Crippen molar-refractivity contribution in [1.29, 1.82) is 5.26 Å². The van der Waals surface area contributed by atoms with Gasteiger partial charge in [0.15, 0.2) is 5.65 Å². The Kier molecular flexibility index (Phi) is 2.81. The number of nitrogens with zero attached hydrogens (tertiary/aromatic N) is 4. The van der Waals surface area contributed by atoms with Crippen molar-refractivity contribution in [2.45, 2.75) is 6.92 Å². The van der Waals surface area contributed by atoms with Crippen LogP contribution >= 0.6 is 11.6 Å². The average Bonchev–Trinajstić information content (AvgIpc) is 2.84. The molecule has 0 amide bonds. The zero-order chi connectivity index (χ0) is 14.3. The quantitative estimate of drug-likeness (QED) is 0.744. The summed E-state index contributed by atoms with van der Waals surface area (Å²) in [7, 11) is 0. The predicted molar refractivity (Wildman–Crippen MR) is 77.3 cm³/mol. The molecule has 3 rings (SSSR count). The van der Waals surface area contributed by atoms with Crippen LogP contribution in [0.15, 0.2) is 30.3 Å². The first-order valence-electron chi connectivity index (χ1n) is 5.92. The smallest absolute Gasteiger partial charge is 0.158 e. The first-order chi connectivity index (χ1) is 9.60. The highest BCUT2D eigenvalue weighted by Gasteiger charge is 2.13. The molecule has 2 heterocycles. The van der Waals surface area contributed by atoms with Gasteiger partial charge in [0.05, 0.1) is 11.4 Å². The number of nitrogen functional groups attached to an aromatic ring is 1. The van der Waals surface area contributed by atoms with Crippen molar-refractivity contribution >= 4 is 23.1 Å². The lowest BCUT2D eigenvalue weighted by molar-refractivity contribution is 0.940. The molecule has 20 heavy (non-hydrogen) atoms. The molecule has 0 atom stereocenters. The van der Waals surface area contributed by atoms with E-state index in [0.717, 1.165) is 11.3 Å². The summed E-state index contributed by atoms with van der Waals surface area (Å²) >= 11 is 5.87. The molecular formula is C14H10ClN5. The lowest BCUT2D eigenvalue weighted by Gasteiger charge is -2.03. The van der Waals surface area contributed by atoms with E-state index in [0.29, 0.717) is 27.7 Å². The number of anilines is 1. The number of rotatable bonds is 1. The summed E-state index contributed by atoms with van der Waals surface area (Å²) < 4.78 is 1.48. The Morgan fingerprint density at radius 1 is 1.30 bits per heavy atom. The molecule has 0 radical (unpaired) electrons. The minimum Gasteiger partial charge on any atom is -0.382 e. The SMILES string of the molecule is Cc1nc2cc(-c3ccc(Cl)cc3)nn2c(N)c1C#N. The predicted octanol–water partition coefficient (Wildman–Crippen LogP) is 2.81. The molecule has 0 fully saturated rings. The molecule has 5 nitrogen and oxygen atoms in total. The third-order valence-corrected chi connectivity index (χ3v) is 3.32. The summed E-state index contributed by atoms with van der Waals surface area (Å²) in [6, 6.07) is 11.2. The van der Waals surface area contributed by atoms with Crippen molar-refractivity contribution < 1.29 is 0 Å². The van der Waals surface area contributed by atoms with E-state index in [1.165, 1.54) is 4.52 Å². The normalized spacial score (nSPS) is 10.7. The minimum absolute atomic E-state index is 0.301. The summed E-state index contributed by atoms with van der Waals surface area (Å²) in [6.45, 7) is 1.75. The highest BCUT2D eigenvalue weighted by molar-refractivity contribution is 6.30. The number of aryl methyl sites for hydroxylation is 1. The van der Waals surface area contributed by atoms with Crippen LogP contribution in [0.25, 0.3) is 16.9 Å². The monoisotopic (exact) mass is 283 g/mol. The molecule has 0 bridgehead atoms. The van der Waals surface area contributed by atoms with Crippen molar-refractivity contribution in [3.8, 4) is 17.3 Å². The summed E-state index contributed by atoms with van der Waals surface area (Å²) in [4.78, 5) is 4.34. The first kappa shape index (κ1) is 12.5. The molecule has 0 aliphatic rings. The van der Waals surface area contributed by atoms with E-state index in [-0.39, 0.29) is 0 Å². The Morgan fingerprint density at radius 3 is 2.65 bits per heavy atom. The van der Waals surface area contributed by atoms with E-state index in [1.54, 1.807) is 19.1 Å². The van der Waals surface area contributed by atoms with Gasteiger partial charge in [0, 0.05) is 16.7 Å². The second-order valence-electron chi connectivity index (χ2n) is 4.38. The fourth-order valence-electron chi connectivity index (χ4n) is 2.05. The van der Waals surface area contributed by atoms with Gasteiger partial charge >= 0.3 is 0 Å². The third-order valence-electron chi connectivity index (χ3n) is 3.07. The molecule has 1 aromatic carbocycles. The number of fused-ring (bicyclic) bond motifs is 1. The Bertz CT molecular complexity index is 843. The number of hydrogen-bond acceptors (Lipinski definition) is 4.